The Morgan fingerprint density at radius 3 is 2.37 bits per heavy atom. The second-order valence-corrected chi connectivity index (χ2v) is 8.19. The summed E-state index contributed by atoms with van der Waals surface area (Å²) in [7, 11) is -3.75. The maximum absolute atomic E-state index is 12.6. The molecule has 0 aliphatic rings. The van der Waals surface area contributed by atoms with E-state index >= 15 is 0 Å². The molecule has 0 unspecified atom stereocenters. The Morgan fingerprint density at radius 2 is 1.80 bits per heavy atom. The van der Waals surface area contributed by atoms with Gasteiger partial charge >= 0.3 is 0 Å². The highest BCUT2D eigenvalue weighted by Crippen LogP contribution is 2.24. The third kappa shape index (κ3) is 3.87. The molecule has 4 aromatic rings. The first-order valence-electron chi connectivity index (χ1n) is 9.00. The second kappa shape index (κ2) is 7.59. The number of aromatic nitrogens is 6. The Balaban J connectivity index is 1.46. The molecule has 3 aromatic heterocycles. The van der Waals surface area contributed by atoms with Crippen LogP contribution in [0, 0.1) is 20.8 Å². The van der Waals surface area contributed by atoms with Gasteiger partial charge < -0.3 is 4.74 Å². The summed E-state index contributed by atoms with van der Waals surface area (Å²) >= 11 is 0. The molecule has 0 bridgehead atoms. The fourth-order valence-corrected chi connectivity index (χ4v) is 4.40. The molecule has 0 fully saturated rings. The van der Waals surface area contributed by atoms with Crippen molar-refractivity contribution in [2.45, 2.75) is 25.7 Å². The van der Waals surface area contributed by atoms with E-state index in [-0.39, 0.29) is 4.90 Å². The summed E-state index contributed by atoms with van der Waals surface area (Å²) in [4.78, 5) is 4.30. The van der Waals surface area contributed by atoms with E-state index in [1.54, 1.807) is 67.2 Å². The lowest BCUT2D eigenvalue weighted by Gasteiger charge is -2.10. The van der Waals surface area contributed by atoms with Crippen LogP contribution in [0.4, 0.5) is 5.69 Å². The smallest absolute Gasteiger partial charge is 0.265 e. The van der Waals surface area contributed by atoms with Gasteiger partial charge in [-0.15, -0.1) is 10.2 Å². The highest BCUT2D eigenvalue weighted by atomic mass is 32.2. The van der Waals surface area contributed by atoms with E-state index in [1.165, 1.54) is 0 Å². The van der Waals surface area contributed by atoms with E-state index in [1.807, 2.05) is 6.92 Å². The molecule has 0 atom stereocenters. The van der Waals surface area contributed by atoms with Gasteiger partial charge in [0, 0.05) is 24.1 Å². The lowest BCUT2D eigenvalue weighted by atomic mass is 10.3. The molecular weight excluding hydrogens is 406 g/mol. The molecule has 0 amide bonds. The summed E-state index contributed by atoms with van der Waals surface area (Å²) < 4.78 is 35.2. The van der Waals surface area contributed by atoms with Crippen molar-refractivity contribution in [2.75, 3.05) is 4.72 Å². The van der Waals surface area contributed by atoms with E-state index in [0.717, 1.165) is 5.82 Å². The van der Waals surface area contributed by atoms with Crippen molar-refractivity contribution in [3.63, 3.8) is 0 Å². The molecule has 1 aromatic carbocycles. The van der Waals surface area contributed by atoms with Crippen molar-refractivity contribution in [2.24, 2.45) is 0 Å². The van der Waals surface area contributed by atoms with Gasteiger partial charge in [0.2, 0.25) is 5.88 Å². The van der Waals surface area contributed by atoms with Crippen LogP contribution in [0.5, 0.6) is 11.6 Å². The van der Waals surface area contributed by atoms with Crippen molar-refractivity contribution in [3.8, 4) is 17.4 Å². The van der Waals surface area contributed by atoms with Crippen molar-refractivity contribution < 1.29 is 13.2 Å². The van der Waals surface area contributed by atoms with Crippen LogP contribution >= 0.6 is 0 Å². The van der Waals surface area contributed by atoms with E-state index in [2.05, 4.69) is 30.1 Å². The van der Waals surface area contributed by atoms with Gasteiger partial charge in [-0.3, -0.25) is 14.4 Å². The Morgan fingerprint density at radius 1 is 1.03 bits per heavy atom. The van der Waals surface area contributed by atoms with Gasteiger partial charge in [-0.1, -0.05) is 0 Å². The SMILES string of the molecule is Cc1n[nH]c(C)c1S(=O)(=O)Nc1ccc(Oc2ccc(-n3ccnc3C)nn2)cc1. The Bertz CT molecular complexity index is 1260. The number of ether oxygens (including phenoxy) is 1. The number of hydrogen-bond donors (Lipinski definition) is 2. The monoisotopic (exact) mass is 425 g/mol. The van der Waals surface area contributed by atoms with Gasteiger partial charge in [-0.25, -0.2) is 13.4 Å². The van der Waals surface area contributed by atoms with Crippen LogP contribution in [-0.4, -0.2) is 38.4 Å². The first kappa shape index (κ1) is 19.6. The molecule has 11 heteroatoms. The number of hydrogen-bond acceptors (Lipinski definition) is 7. The summed E-state index contributed by atoms with van der Waals surface area (Å²) in [6.07, 6.45) is 3.48. The first-order valence-corrected chi connectivity index (χ1v) is 10.5. The highest BCUT2D eigenvalue weighted by Gasteiger charge is 2.22. The number of benzene rings is 1. The number of imidazole rings is 1. The van der Waals surface area contributed by atoms with E-state index < -0.39 is 10.0 Å². The summed E-state index contributed by atoms with van der Waals surface area (Å²) in [5.74, 6) is 2.24. The van der Waals surface area contributed by atoms with Crippen LogP contribution in [0.2, 0.25) is 0 Å². The third-order valence-electron chi connectivity index (χ3n) is 4.36. The molecule has 0 radical (unpaired) electrons. The van der Waals surface area contributed by atoms with Gasteiger partial charge in [0.15, 0.2) is 5.82 Å². The molecule has 0 saturated carbocycles. The molecule has 4 rings (SSSR count). The number of aromatic amines is 1. The third-order valence-corrected chi connectivity index (χ3v) is 6.00. The largest absolute Gasteiger partial charge is 0.438 e. The van der Waals surface area contributed by atoms with Crippen molar-refractivity contribution in [1.82, 2.24) is 29.9 Å². The number of anilines is 1. The first-order chi connectivity index (χ1) is 14.3. The van der Waals surface area contributed by atoms with Crippen LogP contribution in [0.25, 0.3) is 5.82 Å². The lowest BCUT2D eigenvalue weighted by molar-refractivity contribution is 0.454. The van der Waals surface area contributed by atoms with Crippen molar-refractivity contribution >= 4 is 15.7 Å². The molecule has 0 aliphatic carbocycles. The van der Waals surface area contributed by atoms with Crippen molar-refractivity contribution in [1.29, 1.82) is 0 Å². The Hall–Kier alpha value is -3.73. The average molecular weight is 425 g/mol. The normalized spacial score (nSPS) is 11.4. The number of sulfonamides is 1. The van der Waals surface area contributed by atoms with Crippen LogP contribution in [0.1, 0.15) is 17.2 Å². The fraction of sp³-hybridized carbons (Fsp3) is 0.158. The quantitative estimate of drug-likeness (QED) is 0.486. The predicted molar refractivity (Wildman–Crippen MR) is 109 cm³/mol. The molecule has 0 aliphatic heterocycles. The van der Waals surface area contributed by atoms with E-state index in [0.29, 0.717) is 34.5 Å². The fourth-order valence-electron chi connectivity index (χ4n) is 2.97. The summed E-state index contributed by atoms with van der Waals surface area (Å²) in [5.41, 5.74) is 1.29. The molecule has 3 heterocycles. The molecule has 154 valence electrons. The topological polar surface area (TPSA) is 128 Å². The predicted octanol–water partition coefficient (Wildman–Crippen LogP) is 2.90. The van der Waals surface area contributed by atoms with Gasteiger partial charge in [0.05, 0.1) is 11.4 Å². The van der Waals surface area contributed by atoms with Crippen molar-refractivity contribution in [3.05, 3.63) is 66.0 Å². The molecule has 2 N–H and O–H groups in total. The maximum atomic E-state index is 12.6. The van der Waals surface area contributed by atoms with Crippen LogP contribution in [0.15, 0.2) is 53.7 Å². The zero-order valence-electron chi connectivity index (χ0n) is 16.5. The number of rotatable bonds is 6. The standard InChI is InChI=1S/C19H19N7O3S/c1-12-19(13(2)22-21-12)30(27,28)25-15-4-6-16(7-5-15)29-18-9-8-17(23-24-18)26-11-10-20-14(26)3/h4-11,25H,1-3H3,(H,21,22). The number of H-pyrrole nitrogens is 1. The molecule has 0 saturated heterocycles. The van der Waals surface area contributed by atoms with Crippen LogP contribution in [-0.2, 0) is 10.0 Å². The molecule has 10 nitrogen and oxygen atoms in total. The minimum absolute atomic E-state index is 0.145. The van der Waals surface area contributed by atoms with E-state index in [9.17, 15) is 8.42 Å². The second-order valence-electron chi connectivity index (χ2n) is 6.57. The van der Waals surface area contributed by atoms with Gasteiger partial charge in [0.25, 0.3) is 10.0 Å². The minimum atomic E-state index is -3.75. The maximum Gasteiger partial charge on any atom is 0.265 e. The van der Waals surface area contributed by atoms with Gasteiger partial charge in [0.1, 0.15) is 16.5 Å². The van der Waals surface area contributed by atoms with Gasteiger partial charge in [-0.05, 0) is 51.1 Å². The summed E-state index contributed by atoms with van der Waals surface area (Å²) in [6, 6.07) is 9.96. The zero-order valence-corrected chi connectivity index (χ0v) is 17.3. The molecule has 0 spiro atoms. The number of nitrogens with zero attached hydrogens (tertiary/aromatic N) is 5. The molecule has 30 heavy (non-hydrogen) atoms. The van der Waals surface area contributed by atoms with Gasteiger partial charge in [-0.2, -0.15) is 5.10 Å². The summed E-state index contributed by atoms with van der Waals surface area (Å²) in [5, 5.41) is 14.8. The molecular formula is C19H19N7O3S. The van der Waals surface area contributed by atoms with E-state index in [4.69, 9.17) is 4.74 Å². The van der Waals surface area contributed by atoms with Crippen LogP contribution in [0.3, 0.4) is 0 Å². The average Bonchev–Trinajstić information content (AvgIpc) is 3.29. The zero-order chi connectivity index (χ0) is 21.3. The number of nitrogens with one attached hydrogen (secondary N) is 2. The van der Waals surface area contributed by atoms with Crippen LogP contribution < -0.4 is 9.46 Å². The Kier molecular flexibility index (Phi) is 4.96. The highest BCUT2D eigenvalue weighted by molar-refractivity contribution is 7.92. The lowest BCUT2D eigenvalue weighted by Crippen LogP contribution is -2.14. The minimum Gasteiger partial charge on any atom is -0.438 e. The summed E-state index contributed by atoms with van der Waals surface area (Å²) in [6.45, 7) is 5.17. The number of aryl methyl sites for hydroxylation is 3. The Labute approximate surface area is 173 Å².